The second kappa shape index (κ2) is 13.9. The highest BCUT2D eigenvalue weighted by Crippen LogP contribution is 2.55. The molecule has 1 saturated carbocycles. The van der Waals surface area contributed by atoms with E-state index in [-0.39, 0.29) is 48.5 Å². The van der Waals surface area contributed by atoms with E-state index >= 15 is 0 Å². The Labute approximate surface area is 234 Å². The topological polar surface area (TPSA) is 91.3 Å². The molecule has 0 aromatic rings. The van der Waals surface area contributed by atoms with Gasteiger partial charge in [-0.3, -0.25) is 4.79 Å². The zero-order valence-corrected chi connectivity index (χ0v) is 24.7. The highest BCUT2D eigenvalue weighted by Gasteiger charge is 2.56. The number of methoxy groups -OCH3 is 2. The van der Waals surface area contributed by atoms with Crippen molar-refractivity contribution in [2.75, 3.05) is 21.0 Å². The van der Waals surface area contributed by atoms with E-state index in [1.807, 2.05) is 45.1 Å². The van der Waals surface area contributed by atoms with E-state index in [4.69, 9.17) is 18.9 Å². The van der Waals surface area contributed by atoms with E-state index in [9.17, 15) is 14.7 Å². The first kappa shape index (κ1) is 31.3. The summed E-state index contributed by atoms with van der Waals surface area (Å²) in [5.74, 6) is -0.776. The number of hydrogen-bond donors (Lipinski definition) is 1. The number of allylic oxidation sites excluding steroid dienone is 5. The Morgan fingerprint density at radius 3 is 2.54 bits per heavy atom. The molecule has 3 rings (SSSR count). The SMILES string of the molecule is COCO[C@H]1/C(C(=O)OC)=C\CCC[C@@H](C)OC(=O)[C@]2(C)C3CC[C@H](C)[C@@H](O)[C@@H]3C=C(C)[C@@H]2/C=C/C=C/[C@@H]1C. The maximum atomic E-state index is 14.0. The fourth-order valence-corrected chi connectivity index (χ4v) is 6.72. The minimum Gasteiger partial charge on any atom is -0.466 e. The Morgan fingerprint density at radius 2 is 1.85 bits per heavy atom. The molecule has 1 N–H and O–H groups in total. The van der Waals surface area contributed by atoms with Crippen molar-refractivity contribution >= 4 is 11.9 Å². The van der Waals surface area contributed by atoms with Gasteiger partial charge in [0.25, 0.3) is 0 Å². The number of cyclic esters (lactones) is 1. The molecule has 1 unspecified atom stereocenters. The van der Waals surface area contributed by atoms with Crippen molar-refractivity contribution in [1.82, 2.24) is 0 Å². The van der Waals surface area contributed by atoms with E-state index in [1.54, 1.807) is 7.11 Å². The number of aliphatic hydroxyl groups excluding tert-OH is 1. The molecule has 0 bridgehead atoms. The van der Waals surface area contributed by atoms with Gasteiger partial charge in [0.15, 0.2) is 0 Å². The number of carbonyl (C=O) groups excluding carboxylic acids is 2. The van der Waals surface area contributed by atoms with Gasteiger partial charge in [-0.2, -0.15) is 0 Å². The van der Waals surface area contributed by atoms with Gasteiger partial charge >= 0.3 is 11.9 Å². The fraction of sp³-hybridized carbons (Fsp3) is 0.688. The number of rotatable bonds is 4. The van der Waals surface area contributed by atoms with Crippen LogP contribution in [-0.4, -0.2) is 56.4 Å². The van der Waals surface area contributed by atoms with Crippen LogP contribution in [0.15, 0.2) is 47.6 Å². The van der Waals surface area contributed by atoms with Crippen molar-refractivity contribution in [1.29, 1.82) is 0 Å². The minimum atomic E-state index is -0.784. The number of fused-ring (bicyclic) bond motifs is 3. The van der Waals surface area contributed by atoms with Crippen molar-refractivity contribution in [2.24, 2.45) is 35.0 Å². The van der Waals surface area contributed by atoms with Gasteiger partial charge in [-0.25, -0.2) is 4.79 Å². The maximum absolute atomic E-state index is 14.0. The van der Waals surface area contributed by atoms with Gasteiger partial charge in [0.1, 0.15) is 6.79 Å². The Bertz CT molecular complexity index is 979. The third-order valence-corrected chi connectivity index (χ3v) is 9.06. The van der Waals surface area contributed by atoms with Crippen molar-refractivity contribution in [3.63, 3.8) is 0 Å². The number of esters is 2. The highest BCUT2D eigenvalue weighted by atomic mass is 16.7. The Hall–Kier alpha value is -2.22. The third-order valence-electron chi connectivity index (χ3n) is 9.06. The molecule has 0 aromatic carbocycles. The molecule has 0 spiro atoms. The lowest BCUT2D eigenvalue weighted by atomic mass is 9.52. The number of aliphatic hydroxyl groups is 1. The Balaban J connectivity index is 2.02. The number of hydrogen-bond acceptors (Lipinski definition) is 7. The summed E-state index contributed by atoms with van der Waals surface area (Å²) in [6.07, 6.45) is 14.5. The molecular weight excluding hydrogens is 496 g/mol. The molecule has 0 amide bonds. The van der Waals surface area contributed by atoms with Crippen molar-refractivity contribution in [3.05, 3.63) is 47.6 Å². The van der Waals surface area contributed by atoms with Gasteiger partial charge in [-0.05, 0) is 64.7 Å². The van der Waals surface area contributed by atoms with E-state index in [0.29, 0.717) is 18.4 Å². The molecule has 218 valence electrons. The van der Waals surface area contributed by atoms with Gasteiger partial charge in [0, 0.05) is 24.9 Å². The summed E-state index contributed by atoms with van der Waals surface area (Å²) < 4.78 is 22.3. The number of ether oxygens (including phenoxy) is 4. The zero-order valence-electron chi connectivity index (χ0n) is 24.7. The largest absolute Gasteiger partial charge is 0.466 e. The first-order valence-electron chi connectivity index (χ1n) is 14.4. The highest BCUT2D eigenvalue weighted by molar-refractivity contribution is 5.89. The monoisotopic (exact) mass is 544 g/mol. The summed E-state index contributed by atoms with van der Waals surface area (Å²) in [4.78, 5) is 26.6. The Morgan fingerprint density at radius 1 is 1.13 bits per heavy atom. The minimum absolute atomic E-state index is 0.000842. The molecule has 1 aliphatic heterocycles. The smallest absolute Gasteiger partial charge is 0.336 e. The summed E-state index contributed by atoms with van der Waals surface area (Å²) in [5, 5.41) is 11.1. The second-order valence-corrected chi connectivity index (χ2v) is 11.8. The fourth-order valence-electron chi connectivity index (χ4n) is 6.72. The van der Waals surface area contributed by atoms with Crippen LogP contribution in [-0.2, 0) is 28.5 Å². The molecule has 9 atom stereocenters. The van der Waals surface area contributed by atoms with Crippen LogP contribution < -0.4 is 0 Å². The normalized spacial score (nSPS) is 41.1. The zero-order chi connectivity index (χ0) is 28.7. The van der Waals surface area contributed by atoms with Gasteiger partial charge in [-0.1, -0.05) is 55.9 Å². The first-order chi connectivity index (χ1) is 18.6. The molecule has 39 heavy (non-hydrogen) atoms. The van der Waals surface area contributed by atoms with Gasteiger partial charge < -0.3 is 24.1 Å². The van der Waals surface area contributed by atoms with Gasteiger partial charge in [0.2, 0.25) is 0 Å². The predicted molar refractivity (Wildman–Crippen MR) is 150 cm³/mol. The first-order valence-corrected chi connectivity index (χ1v) is 14.4. The van der Waals surface area contributed by atoms with E-state index < -0.39 is 23.6 Å². The van der Waals surface area contributed by atoms with Crippen LogP contribution in [0.25, 0.3) is 0 Å². The molecular formula is C32H48O7. The van der Waals surface area contributed by atoms with Crippen molar-refractivity contribution < 1.29 is 33.6 Å². The molecule has 1 fully saturated rings. The van der Waals surface area contributed by atoms with Crippen molar-refractivity contribution in [3.8, 4) is 0 Å². The molecule has 7 nitrogen and oxygen atoms in total. The molecule has 1 heterocycles. The van der Waals surface area contributed by atoms with Gasteiger partial charge in [-0.15, -0.1) is 0 Å². The van der Waals surface area contributed by atoms with Crippen LogP contribution in [0.5, 0.6) is 0 Å². The molecule has 0 aromatic heterocycles. The predicted octanol–water partition coefficient (Wildman–Crippen LogP) is 5.54. The van der Waals surface area contributed by atoms with Crippen LogP contribution in [0.3, 0.4) is 0 Å². The van der Waals surface area contributed by atoms with E-state index in [2.05, 4.69) is 26.0 Å². The van der Waals surface area contributed by atoms with Crippen LogP contribution in [0.4, 0.5) is 0 Å². The number of carbonyl (C=O) groups is 2. The molecule has 3 aliphatic rings. The molecule has 7 heteroatoms. The molecule has 0 saturated heterocycles. The summed E-state index contributed by atoms with van der Waals surface area (Å²) in [5.41, 5.74) is 0.753. The average molecular weight is 545 g/mol. The van der Waals surface area contributed by atoms with Crippen LogP contribution in [0, 0.1) is 35.0 Å². The van der Waals surface area contributed by atoms with Crippen LogP contribution in [0.2, 0.25) is 0 Å². The molecule has 0 radical (unpaired) electrons. The second-order valence-electron chi connectivity index (χ2n) is 11.8. The lowest BCUT2D eigenvalue weighted by Gasteiger charge is -2.52. The molecule has 2 aliphatic carbocycles. The summed E-state index contributed by atoms with van der Waals surface area (Å²) >= 11 is 0. The maximum Gasteiger partial charge on any atom is 0.336 e. The third kappa shape index (κ3) is 6.93. The lowest BCUT2D eigenvalue weighted by Crippen LogP contribution is -2.54. The van der Waals surface area contributed by atoms with Gasteiger partial charge in [0.05, 0.1) is 36.4 Å². The van der Waals surface area contributed by atoms with E-state index in [1.165, 1.54) is 7.11 Å². The summed E-state index contributed by atoms with van der Waals surface area (Å²) in [6.45, 7) is 10.2. The summed E-state index contributed by atoms with van der Waals surface area (Å²) in [7, 11) is 2.92. The standard InChI is InChI=1S/C32H48O7/c1-20-16-17-27-25(28(20)33)18-22(3)26-15-11-8-12-21(2)29(38-19-36-6)24(30(34)37-7)14-10-9-13-23(4)39-31(35)32(26,27)5/h8,11-12,14-15,18,20-21,23,25-29,33H,9-10,13,16-17,19H2,1-7H3/b12-8+,15-11+,24-14+/t20-,21-,23+,25+,26-,27?,28+,29+,32-/m0/s1. The van der Waals surface area contributed by atoms with Crippen molar-refractivity contribution in [2.45, 2.75) is 85.0 Å². The lowest BCUT2D eigenvalue weighted by molar-refractivity contribution is -0.172. The summed E-state index contributed by atoms with van der Waals surface area (Å²) in [6, 6.07) is 0. The average Bonchev–Trinajstić information content (AvgIpc) is 2.90. The quantitative estimate of drug-likeness (QED) is 0.282. The van der Waals surface area contributed by atoms with Crippen LogP contribution >= 0.6 is 0 Å². The van der Waals surface area contributed by atoms with Crippen LogP contribution in [0.1, 0.15) is 66.7 Å². The Kier molecular flexibility index (Phi) is 11.2. The van der Waals surface area contributed by atoms with E-state index in [0.717, 1.165) is 24.8 Å².